The van der Waals surface area contributed by atoms with Gasteiger partial charge in [-0.05, 0) is 44.4 Å². The predicted molar refractivity (Wildman–Crippen MR) is 91.8 cm³/mol. The SMILES string of the molecule is CC#Cc1ccc(C2=C(OC(=O)OC)[C@@H]3CC[C@@H](C3)C2=O)c(OC)c1. The molecular formula is C20H20O5. The lowest BCUT2D eigenvalue weighted by molar-refractivity contribution is -0.117. The molecule has 0 spiro atoms. The van der Waals surface area contributed by atoms with E-state index in [4.69, 9.17) is 9.47 Å². The van der Waals surface area contributed by atoms with E-state index in [1.807, 2.05) is 6.07 Å². The minimum atomic E-state index is -0.807. The van der Waals surface area contributed by atoms with E-state index >= 15 is 0 Å². The maximum Gasteiger partial charge on any atom is 0.513 e. The van der Waals surface area contributed by atoms with Crippen molar-refractivity contribution in [3.8, 4) is 17.6 Å². The Kier molecular flexibility index (Phi) is 4.80. The molecule has 5 nitrogen and oxygen atoms in total. The molecule has 25 heavy (non-hydrogen) atoms. The van der Waals surface area contributed by atoms with E-state index in [0.29, 0.717) is 22.6 Å². The van der Waals surface area contributed by atoms with Crippen molar-refractivity contribution in [3.63, 3.8) is 0 Å². The van der Waals surface area contributed by atoms with E-state index in [-0.39, 0.29) is 17.6 Å². The standard InChI is InChI=1S/C20H20O5/c1-4-5-12-6-9-15(16(10-12)23-2)17-18(21)13-7-8-14(11-13)19(17)25-20(22)24-3/h6,9-10,13-14H,7-8,11H2,1-3H3/t13-,14+/m0/s1. The van der Waals surface area contributed by atoms with Gasteiger partial charge in [-0.25, -0.2) is 4.79 Å². The summed E-state index contributed by atoms with van der Waals surface area (Å²) in [5.74, 6) is 6.78. The molecule has 0 aliphatic heterocycles. The molecule has 0 amide bonds. The molecule has 130 valence electrons. The molecule has 0 radical (unpaired) electrons. The molecule has 0 saturated heterocycles. The third-order valence-electron chi connectivity index (χ3n) is 4.77. The van der Waals surface area contributed by atoms with Crippen LogP contribution < -0.4 is 4.74 Å². The number of allylic oxidation sites excluding steroid dienone is 2. The van der Waals surface area contributed by atoms with Crippen LogP contribution in [0.5, 0.6) is 5.75 Å². The molecule has 2 atom stereocenters. The van der Waals surface area contributed by atoms with Crippen LogP contribution in [0.3, 0.4) is 0 Å². The normalized spacial score (nSPS) is 21.5. The summed E-state index contributed by atoms with van der Waals surface area (Å²) in [6, 6.07) is 5.43. The number of carbonyl (C=O) groups excluding carboxylic acids is 2. The summed E-state index contributed by atoms with van der Waals surface area (Å²) < 4.78 is 15.5. The molecule has 2 aliphatic rings. The first kappa shape index (κ1) is 17.1. The number of carbonyl (C=O) groups is 2. The third kappa shape index (κ3) is 3.12. The summed E-state index contributed by atoms with van der Waals surface area (Å²) in [5, 5.41) is 0. The zero-order valence-electron chi connectivity index (χ0n) is 14.5. The summed E-state index contributed by atoms with van der Waals surface area (Å²) in [5.41, 5.74) is 1.85. The smallest absolute Gasteiger partial charge is 0.496 e. The molecule has 3 rings (SSSR count). The van der Waals surface area contributed by atoms with E-state index in [0.717, 1.165) is 24.8 Å². The second kappa shape index (κ2) is 7.02. The maximum absolute atomic E-state index is 13.0. The van der Waals surface area contributed by atoms with Crippen molar-refractivity contribution < 1.29 is 23.8 Å². The minimum absolute atomic E-state index is 0.000258. The molecule has 1 aromatic rings. The van der Waals surface area contributed by atoms with Gasteiger partial charge in [0, 0.05) is 23.0 Å². The number of rotatable bonds is 3. The number of ether oxygens (including phenoxy) is 3. The van der Waals surface area contributed by atoms with Crippen molar-refractivity contribution >= 4 is 17.5 Å². The number of hydrogen-bond donors (Lipinski definition) is 0. The van der Waals surface area contributed by atoms with Gasteiger partial charge in [-0.2, -0.15) is 0 Å². The van der Waals surface area contributed by atoms with Gasteiger partial charge in [-0.1, -0.05) is 5.92 Å². The summed E-state index contributed by atoms with van der Waals surface area (Å²) in [4.78, 5) is 24.7. The number of hydrogen-bond acceptors (Lipinski definition) is 5. The van der Waals surface area contributed by atoms with Gasteiger partial charge in [0.2, 0.25) is 0 Å². The molecule has 0 unspecified atom stereocenters. The number of ketones is 1. The lowest BCUT2D eigenvalue weighted by atomic mass is 9.83. The van der Waals surface area contributed by atoms with E-state index in [9.17, 15) is 9.59 Å². The number of methoxy groups -OCH3 is 2. The van der Waals surface area contributed by atoms with Gasteiger partial charge in [0.1, 0.15) is 11.5 Å². The first-order valence-corrected chi connectivity index (χ1v) is 8.24. The Bertz CT molecular complexity index is 809. The molecule has 0 aromatic heterocycles. The number of fused-ring (bicyclic) bond motifs is 2. The quantitative estimate of drug-likeness (QED) is 0.622. The Morgan fingerprint density at radius 1 is 1.20 bits per heavy atom. The zero-order valence-corrected chi connectivity index (χ0v) is 14.5. The summed E-state index contributed by atoms with van der Waals surface area (Å²) in [6.07, 6.45) is 1.55. The second-order valence-corrected chi connectivity index (χ2v) is 6.16. The topological polar surface area (TPSA) is 61.8 Å². The molecule has 0 heterocycles. The van der Waals surface area contributed by atoms with Crippen molar-refractivity contribution in [2.24, 2.45) is 11.8 Å². The van der Waals surface area contributed by atoms with Gasteiger partial charge in [-0.15, -0.1) is 5.92 Å². The van der Waals surface area contributed by atoms with E-state index in [1.54, 1.807) is 26.2 Å². The van der Waals surface area contributed by atoms with Crippen LogP contribution in [0.2, 0.25) is 0 Å². The van der Waals surface area contributed by atoms with Crippen LogP contribution in [0.25, 0.3) is 5.57 Å². The lowest BCUT2D eigenvalue weighted by Gasteiger charge is -2.25. The Morgan fingerprint density at radius 2 is 1.96 bits per heavy atom. The van der Waals surface area contributed by atoms with Crippen molar-refractivity contribution in [1.29, 1.82) is 0 Å². The van der Waals surface area contributed by atoms with Gasteiger partial charge in [-0.3, -0.25) is 4.79 Å². The average Bonchev–Trinajstić information content (AvgIpc) is 3.07. The van der Waals surface area contributed by atoms with Crippen molar-refractivity contribution in [1.82, 2.24) is 0 Å². The first-order valence-electron chi connectivity index (χ1n) is 8.24. The Labute approximate surface area is 147 Å². The fourth-order valence-electron chi connectivity index (χ4n) is 3.64. The van der Waals surface area contributed by atoms with Crippen LogP contribution >= 0.6 is 0 Å². The second-order valence-electron chi connectivity index (χ2n) is 6.16. The van der Waals surface area contributed by atoms with Crippen LogP contribution in [0.15, 0.2) is 24.0 Å². The van der Waals surface area contributed by atoms with Crippen LogP contribution in [-0.2, 0) is 14.3 Å². The highest BCUT2D eigenvalue weighted by Crippen LogP contribution is 2.48. The molecule has 5 heteroatoms. The molecule has 2 bridgehead atoms. The Hall–Kier alpha value is -2.74. The number of Topliss-reactive ketones (excluding diaryl/α,β-unsaturated/α-hetero) is 1. The third-order valence-corrected chi connectivity index (χ3v) is 4.77. The predicted octanol–water partition coefficient (Wildman–Crippen LogP) is 3.56. The highest BCUT2D eigenvalue weighted by Gasteiger charge is 2.43. The molecular weight excluding hydrogens is 320 g/mol. The average molecular weight is 340 g/mol. The highest BCUT2D eigenvalue weighted by atomic mass is 16.7. The molecule has 0 N–H and O–H groups in total. The highest BCUT2D eigenvalue weighted by molar-refractivity contribution is 6.24. The van der Waals surface area contributed by atoms with Crippen molar-refractivity contribution in [3.05, 3.63) is 35.1 Å². The van der Waals surface area contributed by atoms with Crippen LogP contribution in [-0.4, -0.2) is 26.2 Å². The summed E-state index contributed by atoms with van der Waals surface area (Å²) in [7, 11) is 2.80. The Morgan fingerprint density at radius 3 is 2.64 bits per heavy atom. The fraction of sp³-hybridized carbons (Fsp3) is 0.400. The maximum atomic E-state index is 13.0. The van der Waals surface area contributed by atoms with Crippen molar-refractivity contribution in [2.45, 2.75) is 26.2 Å². The fourth-order valence-corrected chi connectivity index (χ4v) is 3.64. The van der Waals surface area contributed by atoms with Crippen LogP contribution in [0.1, 0.15) is 37.3 Å². The molecule has 1 aromatic carbocycles. The van der Waals surface area contributed by atoms with Gasteiger partial charge in [0.25, 0.3) is 0 Å². The molecule has 1 saturated carbocycles. The van der Waals surface area contributed by atoms with Gasteiger partial charge in [0.15, 0.2) is 5.78 Å². The number of benzene rings is 1. The van der Waals surface area contributed by atoms with Gasteiger partial charge < -0.3 is 14.2 Å². The summed E-state index contributed by atoms with van der Waals surface area (Å²) in [6.45, 7) is 1.76. The largest absolute Gasteiger partial charge is 0.513 e. The monoisotopic (exact) mass is 340 g/mol. The Balaban J connectivity index is 2.15. The van der Waals surface area contributed by atoms with Crippen LogP contribution in [0.4, 0.5) is 4.79 Å². The molecule has 1 fully saturated rings. The minimum Gasteiger partial charge on any atom is -0.496 e. The van der Waals surface area contributed by atoms with E-state index in [1.165, 1.54) is 7.11 Å². The van der Waals surface area contributed by atoms with E-state index < -0.39 is 6.16 Å². The van der Waals surface area contributed by atoms with Crippen LogP contribution in [0, 0.1) is 23.7 Å². The van der Waals surface area contributed by atoms with Crippen molar-refractivity contribution in [2.75, 3.05) is 14.2 Å². The van der Waals surface area contributed by atoms with E-state index in [2.05, 4.69) is 16.6 Å². The lowest BCUT2D eigenvalue weighted by Crippen LogP contribution is -2.24. The first-order chi connectivity index (χ1) is 12.1. The zero-order chi connectivity index (χ0) is 18.0. The molecule has 2 aliphatic carbocycles. The van der Waals surface area contributed by atoms with Gasteiger partial charge >= 0.3 is 6.16 Å². The van der Waals surface area contributed by atoms with Gasteiger partial charge in [0.05, 0.1) is 19.8 Å². The summed E-state index contributed by atoms with van der Waals surface area (Å²) >= 11 is 0.